The van der Waals surface area contributed by atoms with E-state index in [4.69, 9.17) is 5.73 Å². The number of nitrogens with two attached hydrogens (primary N) is 1. The smallest absolute Gasteiger partial charge is 0.318 e. The fourth-order valence-corrected chi connectivity index (χ4v) is 3.78. The van der Waals surface area contributed by atoms with Gasteiger partial charge in [-0.1, -0.05) is 34.1 Å². The van der Waals surface area contributed by atoms with Crippen LogP contribution in [0.1, 0.15) is 37.3 Å². The number of rotatable bonds is 2. The minimum Gasteiger partial charge on any atom is -0.329 e. The average Bonchev–Trinajstić information content (AvgIpc) is 2.82. The number of halogens is 1. The summed E-state index contributed by atoms with van der Waals surface area (Å²) in [7, 11) is 0. The highest BCUT2D eigenvalue weighted by Crippen LogP contribution is 2.31. The van der Waals surface area contributed by atoms with Gasteiger partial charge < -0.3 is 16.0 Å². The molecule has 1 saturated heterocycles. The lowest BCUT2D eigenvalue weighted by atomic mass is 9.91. The molecule has 1 aromatic rings. The largest absolute Gasteiger partial charge is 0.329 e. The lowest BCUT2D eigenvalue weighted by Crippen LogP contribution is -2.42. The monoisotopic (exact) mass is 337 g/mol. The van der Waals surface area contributed by atoms with Crippen molar-refractivity contribution in [2.45, 2.75) is 43.8 Å². The molecule has 1 atom stereocenters. The van der Waals surface area contributed by atoms with E-state index in [0.717, 1.165) is 42.3 Å². The molecule has 4 nitrogen and oxygen atoms in total. The molecule has 1 aliphatic carbocycles. The van der Waals surface area contributed by atoms with Gasteiger partial charge in [-0.15, -0.1) is 0 Å². The molecule has 2 fully saturated rings. The van der Waals surface area contributed by atoms with Crippen LogP contribution in [0.5, 0.6) is 0 Å². The zero-order valence-electron chi connectivity index (χ0n) is 11.4. The summed E-state index contributed by atoms with van der Waals surface area (Å²) in [5.41, 5.74) is 7.09. The first kappa shape index (κ1) is 13.9. The Hall–Kier alpha value is -1.07. The van der Waals surface area contributed by atoms with E-state index >= 15 is 0 Å². The van der Waals surface area contributed by atoms with Crippen LogP contribution in [0.4, 0.5) is 4.79 Å². The van der Waals surface area contributed by atoms with Crippen LogP contribution in [0.3, 0.4) is 0 Å². The summed E-state index contributed by atoms with van der Waals surface area (Å²) in [5.74, 6) is 0. The molecule has 5 heteroatoms. The van der Waals surface area contributed by atoms with Gasteiger partial charge in [0.2, 0.25) is 0 Å². The summed E-state index contributed by atoms with van der Waals surface area (Å²) in [6.07, 6.45) is 4.09. The molecule has 0 spiro atoms. The van der Waals surface area contributed by atoms with Crippen molar-refractivity contribution in [1.82, 2.24) is 10.2 Å². The minimum atomic E-state index is 0.0613. The molecule has 0 radical (unpaired) electrons. The quantitative estimate of drug-likeness (QED) is 0.871. The van der Waals surface area contributed by atoms with E-state index in [-0.39, 0.29) is 12.1 Å². The topological polar surface area (TPSA) is 58.4 Å². The highest BCUT2D eigenvalue weighted by molar-refractivity contribution is 9.10. The first-order chi connectivity index (χ1) is 9.65. The van der Waals surface area contributed by atoms with Gasteiger partial charge in [0.05, 0.1) is 6.04 Å². The Bertz CT molecular complexity index is 500. The van der Waals surface area contributed by atoms with Crippen molar-refractivity contribution in [3.05, 3.63) is 34.3 Å². The van der Waals surface area contributed by atoms with Gasteiger partial charge in [-0.25, -0.2) is 4.79 Å². The Kier molecular flexibility index (Phi) is 3.98. The van der Waals surface area contributed by atoms with Gasteiger partial charge in [0.25, 0.3) is 0 Å². The second-order valence-corrected chi connectivity index (χ2v) is 6.60. The van der Waals surface area contributed by atoms with Crippen LogP contribution < -0.4 is 11.1 Å². The first-order valence-electron chi connectivity index (χ1n) is 7.22. The van der Waals surface area contributed by atoms with Crippen LogP contribution in [0.25, 0.3) is 0 Å². The van der Waals surface area contributed by atoms with Gasteiger partial charge in [0.1, 0.15) is 0 Å². The second kappa shape index (κ2) is 5.74. The van der Waals surface area contributed by atoms with Crippen LogP contribution in [0.2, 0.25) is 0 Å². The highest BCUT2D eigenvalue weighted by Gasteiger charge is 2.36. The maximum atomic E-state index is 12.2. The predicted molar refractivity (Wildman–Crippen MR) is 82.4 cm³/mol. The number of urea groups is 1. The van der Waals surface area contributed by atoms with Crippen molar-refractivity contribution in [2.24, 2.45) is 5.73 Å². The highest BCUT2D eigenvalue weighted by atomic mass is 79.9. The standard InChI is InChI=1S/C15H20BrN3O/c16-13-4-2-1-3-12(13)14-9-19(15(20)18-14)11-7-5-10(17)6-8-11/h1-4,10-11,14H,5-9,17H2,(H,18,20). The number of nitrogens with zero attached hydrogens (tertiary/aromatic N) is 1. The molecule has 1 aromatic carbocycles. The molecule has 1 saturated carbocycles. The molecular weight excluding hydrogens is 318 g/mol. The normalized spacial score (nSPS) is 30.4. The summed E-state index contributed by atoms with van der Waals surface area (Å²) in [4.78, 5) is 14.2. The Morgan fingerprint density at radius 2 is 1.90 bits per heavy atom. The van der Waals surface area contributed by atoms with Crippen molar-refractivity contribution in [1.29, 1.82) is 0 Å². The van der Waals surface area contributed by atoms with Gasteiger partial charge in [-0.05, 0) is 37.3 Å². The van der Waals surface area contributed by atoms with Crippen LogP contribution in [0.15, 0.2) is 28.7 Å². The van der Waals surface area contributed by atoms with E-state index in [0.29, 0.717) is 12.1 Å². The first-order valence-corrected chi connectivity index (χ1v) is 8.01. The van der Waals surface area contributed by atoms with Gasteiger partial charge >= 0.3 is 6.03 Å². The van der Waals surface area contributed by atoms with Crippen molar-refractivity contribution >= 4 is 22.0 Å². The SMILES string of the molecule is NC1CCC(N2CC(c3ccccc3Br)NC2=O)CC1. The van der Waals surface area contributed by atoms with Gasteiger partial charge in [0, 0.05) is 23.1 Å². The van der Waals surface area contributed by atoms with E-state index in [2.05, 4.69) is 27.3 Å². The molecule has 0 aromatic heterocycles. The second-order valence-electron chi connectivity index (χ2n) is 5.74. The maximum Gasteiger partial charge on any atom is 0.318 e. The van der Waals surface area contributed by atoms with Crippen molar-refractivity contribution < 1.29 is 4.79 Å². The molecule has 1 aliphatic heterocycles. The number of carbonyl (C=O) groups excluding carboxylic acids is 1. The van der Waals surface area contributed by atoms with Gasteiger partial charge in [0.15, 0.2) is 0 Å². The number of hydrogen-bond donors (Lipinski definition) is 2. The van der Waals surface area contributed by atoms with Gasteiger partial charge in [-0.3, -0.25) is 0 Å². The number of hydrogen-bond acceptors (Lipinski definition) is 2. The lowest BCUT2D eigenvalue weighted by Gasteiger charge is -2.32. The third-order valence-electron chi connectivity index (χ3n) is 4.40. The summed E-state index contributed by atoms with van der Waals surface area (Å²) < 4.78 is 1.05. The van der Waals surface area contributed by atoms with E-state index in [1.54, 1.807) is 0 Å². The molecule has 0 bridgehead atoms. The summed E-state index contributed by atoms with van der Waals surface area (Å²) >= 11 is 3.56. The molecule has 1 unspecified atom stereocenters. The number of amides is 2. The van der Waals surface area contributed by atoms with Crippen LogP contribution in [-0.2, 0) is 0 Å². The molecule has 3 rings (SSSR count). The molecule has 2 aliphatic rings. The Morgan fingerprint density at radius 1 is 1.20 bits per heavy atom. The molecule has 108 valence electrons. The van der Waals surface area contributed by atoms with E-state index in [9.17, 15) is 4.79 Å². The summed E-state index contributed by atoms with van der Waals surface area (Å²) in [6.45, 7) is 0.751. The van der Waals surface area contributed by atoms with Crippen LogP contribution >= 0.6 is 15.9 Å². The lowest BCUT2D eigenvalue weighted by molar-refractivity contribution is 0.174. The fourth-order valence-electron chi connectivity index (χ4n) is 3.22. The van der Waals surface area contributed by atoms with Crippen molar-refractivity contribution in [3.63, 3.8) is 0 Å². The molecule has 20 heavy (non-hydrogen) atoms. The third-order valence-corrected chi connectivity index (χ3v) is 5.12. The molecule has 3 N–H and O–H groups in total. The number of carbonyl (C=O) groups is 1. The number of benzene rings is 1. The summed E-state index contributed by atoms with van der Waals surface area (Å²) in [5, 5.41) is 3.10. The van der Waals surface area contributed by atoms with E-state index in [1.807, 2.05) is 23.1 Å². The Balaban J connectivity index is 1.71. The predicted octanol–water partition coefficient (Wildman–Crippen LogP) is 2.79. The maximum absolute atomic E-state index is 12.2. The third kappa shape index (κ3) is 2.69. The van der Waals surface area contributed by atoms with Gasteiger partial charge in [-0.2, -0.15) is 0 Å². The fraction of sp³-hybridized carbons (Fsp3) is 0.533. The zero-order valence-corrected chi connectivity index (χ0v) is 13.0. The molecule has 2 amide bonds. The average molecular weight is 338 g/mol. The van der Waals surface area contributed by atoms with Crippen LogP contribution in [-0.4, -0.2) is 29.6 Å². The molecule has 1 heterocycles. The molecular formula is C15H20BrN3O. The Labute approximate surface area is 127 Å². The van der Waals surface area contributed by atoms with Crippen molar-refractivity contribution in [3.8, 4) is 0 Å². The Morgan fingerprint density at radius 3 is 2.60 bits per heavy atom. The number of nitrogens with one attached hydrogen (secondary N) is 1. The van der Waals surface area contributed by atoms with E-state index < -0.39 is 0 Å². The minimum absolute atomic E-state index is 0.0613. The zero-order chi connectivity index (χ0) is 14.1. The van der Waals surface area contributed by atoms with E-state index in [1.165, 1.54) is 0 Å². The summed E-state index contributed by atoms with van der Waals surface area (Å²) in [6, 6.07) is 8.89. The van der Waals surface area contributed by atoms with Crippen LogP contribution in [0, 0.1) is 0 Å². The van der Waals surface area contributed by atoms with Crippen molar-refractivity contribution in [2.75, 3.05) is 6.54 Å².